The fourth-order valence-corrected chi connectivity index (χ4v) is 17.3. The molecule has 14 heterocycles. The van der Waals surface area contributed by atoms with E-state index in [1.54, 1.807) is 0 Å². The van der Waals surface area contributed by atoms with Crippen LogP contribution in [0.1, 0.15) is 150 Å². The first-order chi connectivity index (χ1) is 36.1. The third-order valence-electron chi connectivity index (χ3n) is 21.0. The maximum Gasteiger partial charge on any atom is 0.308 e. The van der Waals surface area contributed by atoms with Gasteiger partial charge < -0.3 is 76.5 Å². The van der Waals surface area contributed by atoms with Crippen molar-refractivity contribution in [2.24, 2.45) is 23.7 Å². The first-order valence-corrected chi connectivity index (χ1v) is 29.6. The Hall–Kier alpha value is -1.65. The number of aliphatic hydroxyl groups is 2. The highest BCUT2D eigenvalue weighted by molar-refractivity contribution is 5.70. The first kappa shape index (κ1) is 51.5. The predicted octanol–water partition coefficient (Wildman–Crippen LogP) is 6.19. The van der Waals surface area contributed by atoms with Gasteiger partial charge in [-0.15, -0.1) is 0 Å². The highest BCUT2D eigenvalue weighted by Gasteiger charge is 2.65. The van der Waals surface area contributed by atoms with Crippen LogP contribution in [0, 0.1) is 23.7 Å². The second-order valence-corrected chi connectivity index (χ2v) is 26.3. The summed E-state index contributed by atoms with van der Waals surface area (Å²) in [5.74, 6) is -2.53. The number of fused-ring (bicyclic) bond motifs is 13. The van der Waals surface area contributed by atoms with Gasteiger partial charge in [-0.05, 0) is 80.3 Å². The van der Waals surface area contributed by atoms with Crippen LogP contribution in [0.25, 0.3) is 0 Å². The lowest BCUT2D eigenvalue weighted by Gasteiger charge is -2.54. The number of hydrogen-bond donors (Lipinski definition) is 2. The van der Waals surface area contributed by atoms with Gasteiger partial charge in [-0.3, -0.25) is 4.79 Å². The number of carbonyl (C=O) groups is 1. The van der Waals surface area contributed by atoms with Crippen LogP contribution in [0.3, 0.4) is 0 Å². The Kier molecular flexibility index (Phi) is 13.4. The average Bonchev–Trinajstić information content (AvgIpc) is 4.17. The van der Waals surface area contributed by atoms with E-state index in [1.807, 2.05) is 0 Å². The molecule has 14 aliphatic rings. The molecule has 418 valence electrons. The minimum Gasteiger partial charge on any atom is -0.459 e. The molecule has 14 saturated heterocycles. The molecule has 10 bridgehead atoms. The highest BCUT2D eigenvalue weighted by atomic mass is 16.8. The zero-order chi connectivity index (χ0) is 51.3. The van der Waals surface area contributed by atoms with Crippen LogP contribution < -0.4 is 0 Å². The van der Waals surface area contributed by atoms with E-state index >= 15 is 0 Å². The maximum absolute atomic E-state index is 14.5. The molecule has 0 aromatic rings. The predicted molar refractivity (Wildman–Crippen MR) is 264 cm³/mol. The summed E-state index contributed by atoms with van der Waals surface area (Å²) in [6, 6.07) is 0. The van der Waals surface area contributed by atoms with Crippen LogP contribution in [-0.2, 0) is 71.1 Å². The Labute approximate surface area is 441 Å². The molecule has 17 nitrogen and oxygen atoms in total. The summed E-state index contributed by atoms with van der Waals surface area (Å²) in [6.45, 7) is 17.6. The Balaban J connectivity index is 0.694. The summed E-state index contributed by atoms with van der Waals surface area (Å²) in [4.78, 5) is 14.5. The standard InChI is InChI=1S/C58H84O17/c1-27-15-33-7-9-37-28(2)16-35(62-37)11-13-56-14-12-38(70-56)41-20-46(72-56)55-39(65-41)10-8-34(64-55)17-50(61)69-54-32(6)53-44(66-43(54)19-40(63-33)31(27)5)21-42-47(67-53)24-58(71-42)25-48-52(75-58)30(4)23-57(74-48)22-29(3)51-45(73-57)18-36(60)49(26-59)68-51/h27,29-30,32-49,51-55,59-60H,2,5,7-26H2,1,3-4,6H3/t27-,29+,30+,32+,33?,34?,35+,36-,37?,38?,39+,40-,41-,42-,43+,44+,45+,46-,47-,48?,49-,51+,52?,53+,54-,55+,56+,57-,58+/m1/s1. The van der Waals surface area contributed by atoms with Crippen LogP contribution in [-0.4, -0.2) is 174 Å². The van der Waals surface area contributed by atoms with Crippen molar-refractivity contribution in [2.75, 3.05) is 6.61 Å². The molecule has 6 unspecified atom stereocenters. The molecule has 0 radical (unpaired) electrons. The third-order valence-corrected chi connectivity index (χ3v) is 21.0. The summed E-state index contributed by atoms with van der Waals surface area (Å²) in [5, 5.41) is 20.6. The molecule has 3 spiro atoms. The van der Waals surface area contributed by atoms with Crippen LogP contribution in [0.4, 0.5) is 0 Å². The highest BCUT2D eigenvalue weighted by Crippen LogP contribution is 2.56. The normalized spacial score (nSPS) is 57.5. The molecule has 14 rings (SSSR count). The molecule has 14 aliphatic heterocycles. The van der Waals surface area contributed by atoms with E-state index in [-0.39, 0.29) is 153 Å². The molecular weight excluding hydrogens is 969 g/mol. The van der Waals surface area contributed by atoms with Gasteiger partial charge in [0.05, 0.1) is 129 Å². The van der Waals surface area contributed by atoms with Crippen molar-refractivity contribution in [3.8, 4) is 0 Å². The van der Waals surface area contributed by atoms with Gasteiger partial charge in [-0.1, -0.05) is 40.9 Å². The summed E-state index contributed by atoms with van der Waals surface area (Å²) < 4.78 is 96.3. The number of hydrogen-bond acceptors (Lipinski definition) is 17. The Bertz CT molecular complexity index is 2180. The van der Waals surface area contributed by atoms with Crippen molar-refractivity contribution >= 4 is 5.97 Å². The molecule has 0 aliphatic carbocycles. The number of aliphatic hydroxyl groups excluding tert-OH is 2. The Morgan fingerprint density at radius 3 is 2.01 bits per heavy atom. The van der Waals surface area contributed by atoms with E-state index in [0.29, 0.717) is 57.8 Å². The van der Waals surface area contributed by atoms with Crippen molar-refractivity contribution in [2.45, 2.75) is 301 Å². The van der Waals surface area contributed by atoms with Crippen LogP contribution in [0.15, 0.2) is 24.3 Å². The lowest BCUT2D eigenvalue weighted by atomic mass is 9.78. The third kappa shape index (κ3) is 9.29. The summed E-state index contributed by atoms with van der Waals surface area (Å²) in [6.07, 6.45) is 6.71. The second kappa shape index (κ2) is 19.5. The van der Waals surface area contributed by atoms with Gasteiger partial charge in [0.15, 0.2) is 17.4 Å². The summed E-state index contributed by atoms with van der Waals surface area (Å²) >= 11 is 0. The molecule has 14 fully saturated rings. The zero-order valence-electron chi connectivity index (χ0n) is 44.6. The number of carbonyl (C=O) groups excluding carboxylic acids is 1. The van der Waals surface area contributed by atoms with Crippen LogP contribution >= 0.6 is 0 Å². The molecule has 0 amide bonds. The fourth-order valence-electron chi connectivity index (χ4n) is 17.3. The number of ether oxygens (including phenoxy) is 14. The monoisotopic (exact) mass is 1050 g/mol. The molecule has 0 aromatic carbocycles. The molecule has 2 N–H and O–H groups in total. The van der Waals surface area contributed by atoms with Crippen molar-refractivity contribution in [3.63, 3.8) is 0 Å². The average molecular weight is 1050 g/mol. The van der Waals surface area contributed by atoms with Gasteiger partial charge >= 0.3 is 5.97 Å². The van der Waals surface area contributed by atoms with E-state index < -0.39 is 41.8 Å². The van der Waals surface area contributed by atoms with Gasteiger partial charge in [-0.25, -0.2) is 0 Å². The van der Waals surface area contributed by atoms with Crippen molar-refractivity contribution in [3.05, 3.63) is 24.3 Å². The Morgan fingerprint density at radius 1 is 0.493 bits per heavy atom. The van der Waals surface area contributed by atoms with E-state index in [2.05, 4.69) is 40.9 Å². The SMILES string of the molecule is C=C1C[C@@H]2CC[C@]34CCC(O3)[C@H]3C[C@@H](O4)[C@H]4OC(CC[C@@H]4O3)CC(=O)O[C@@H]3[C@@H](C)[C@@H]4O[C@@H]5C[C@]6(CC7O[C@@]8(C[C@H](C)C7O6)C[C@H](C)[C@@H]6O[C@H](CO)[C@H](O)C[C@@H]6O8)O[C@@H]5C[C@@H]4O[C@H]3C[C@H]3OC(CCC1O2)C[C@@H](C)C3=C. The van der Waals surface area contributed by atoms with Crippen LogP contribution in [0.2, 0.25) is 0 Å². The molecular formula is C58H84O17. The topological polar surface area (TPSA) is 187 Å². The molecule has 29 atom stereocenters. The minimum absolute atomic E-state index is 0.000187. The van der Waals surface area contributed by atoms with Crippen molar-refractivity contribution < 1.29 is 81.3 Å². The van der Waals surface area contributed by atoms with E-state index in [1.165, 1.54) is 0 Å². The van der Waals surface area contributed by atoms with Crippen LogP contribution in [0.5, 0.6) is 0 Å². The van der Waals surface area contributed by atoms with E-state index in [0.717, 1.165) is 68.9 Å². The molecule has 0 saturated carbocycles. The fraction of sp³-hybridized carbons (Fsp3) is 0.914. The quantitative estimate of drug-likeness (QED) is 0.224. The van der Waals surface area contributed by atoms with Gasteiger partial charge in [0.25, 0.3) is 0 Å². The van der Waals surface area contributed by atoms with Gasteiger partial charge in [0.1, 0.15) is 18.3 Å². The summed E-state index contributed by atoms with van der Waals surface area (Å²) in [5.41, 5.74) is 2.19. The second-order valence-electron chi connectivity index (χ2n) is 26.3. The van der Waals surface area contributed by atoms with Gasteiger partial charge in [0.2, 0.25) is 0 Å². The summed E-state index contributed by atoms with van der Waals surface area (Å²) in [7, 11) is 0. The smallest absolute Gasteiger partial charge is 0.308 e. The first-order valence-electron chi connectivity index (χ1n) is 29.6. The molecule has 75 heavy (non-hydrogen) atoms. The van der Waals surface area contributed by atoms with Gasteiger partial charge in [0, 0.05) is 70.1 Å². The molecule has 0 aromatic heterocycles. The zero-order valence-corrected chi connectivity index (χ0v) is 44.6. The maximum atomic E-state index is 14.5. The Morgan fingerprint density at radius 2 is 1.16 bits per heavy atom. The lowest BCUT2D eigenvalue weighted by Crippen LogP contribution is -2.62. The van der Waals surface area contributed by atoms with Gasteiger partial charge in [-0.2, -0.15) is 0 Å². The van der Waals surface area contributed by atoms with Crippen molar-refractivity contribution in [1.29, 1.82) is 0 Å². The minimum atomic E-state index is -0.903. The number of rotatable bonds is 1. The van der Waals surface area contributed by atoms with E-state index in [9.17, 15) is 15.0 Å². The van der Waals surface area contributed by atoms with Crippen molar-refractivity contribution in [1.82, 2.24) is 0 Å². The largest absolute Gasteiger partial charge is 0.459 e. The van der Waals surface area contributed by atoms with E-state index in [4.69, 9.17) is 66.3 Å². The lowest BCUT2D eigenvalue weighted by molar-refractivity contribution is -0.371. The molecule has 17 heteroatoms. The number of esters is 1.